The minimum atomic E-state index is -0.728. The summed E-state index contributed by atoms with van der Waals surface area (Å²) in [6.45, 7) is 9.38. The Morgan fingerprint density at radius 2 is 1.64 bits per heavy atom. The lowest BCUT2D eigenvalue weighted by molar-refractivity contribution is -0.140. The number of hydrogen-bond donors (Lipinski definition) is 1. The van der Waals surface area contributed by atoms with Crippen molar-refractivity contribution >= 4 is 17.4 Å². The Kier molecular flexibility index (Phi) is 9.36. The maximum absolute atomic E-state index is 13.3. The Balaban J connectivity index is 2.09. The topological polar surface area (TPSA) is 88.5 Å². The van der Waals surface area contributed by atoms with Crippen LogP contribution in [-0.2, 0) is 9.59 Å². The van der Waals surface area contributed by atoms with Gasteiger partial charge in [-0.05, 0) is 55.4 Å². The number of aliphatic hydroxyl groups is 1. The number of rotatable bonds is 12. The molecule has 0 aliphatic carbocycles. The molecule has 0 unspecified atom stereocenters. The molecule has 1 saturated heterocycles. The van der Waals surface area contributed by atoms with Crippen molar-refractivity contribution in [2.75, 3.05) is 47.0 Å². The minimum Gasteiger partial charge on any atom is -0.507 e. The molecule has 0 spiro atoms. The lowest BCUT2D eigenvalue weighted by atomic mass is 9.95. The second-order valence-electron chi connectivity index (χ2n) is 8.51. The van der Waals surface area contributed by atoms with Crippen molar-refractivity contribution in [2.24, 2.45) is 0 Å². The van der Waals surface area contributed by atoms with E-state index >= 15 is 0 Å². The quantitative estimate of drug-likeness (QED) is 0.267. The van der Waals surface area contributed by atoms with Gasteiger partial charge in [-0.1, -0.05) is 32.9 Å². The van der Waals surface area contributed by atoms with Gasteiger partial charge in [-0.25, -0.2) is 0 Å². The van der Waals surface area contributed by atoms with Gasteiger partial charge in [0.25, 0.3) is 11.7 Å². The number of aliphatic hydroxyl groups excluding tert-OH is 1. The fourth-order valence-corrected chi connectivity index (χ4v) is 4.35. The summed E-state index contributed by atoms with van der Waals surface area (Å²) in [7, 11) is 3.02. The predicted molar refractivity (Wildman–Crippen MR) is 139 cm³/mol. The molecule has 1 N–H and O–H groups in total. The standard InChI is InChI=1S/C28H36N2O6/c1-6-17-36-21-12-9-19(10-13-21)25-24(26(31)20-11-14-22(34-4)23(18-20)35-5)27(32)28(33)30(25)16-15-29(7-2)8-3/h9-14,18,25,31H,6-8,15-17H2,1-5H3/t25-/m0/s1. The number of Topliss-reactive ketones (excluding diaryl/α,β-unsaturated/α-hetero) is 1. The number of methoxy groups -OCH3 is 2. The number of ketones is 1. The first kappa shape index (κ1) is 27.1. The molecule has 1 heterocycles. The summed E-state index contributed by atoms with van der Waals surface area (Å²) < 4.78 is 16.4. The van der Waals surface area contributed by atoms with E-state index in [1.807, 2.05) is 31.2 Å². The fraction of sp³-hybridized carbons (Fsp3) is 0.429. The minimum absolute atomic E-state index is 0.0500. The van der Waals surface area contributed by atoms with Crippen LogP contribution in [0.2, 0.25) is 0 Å². The Morgan fingerprint density at radius 1 is 0.972 bits per heavy atom. The number of carbonyl (C=O) groups is 2. The third-order valence-electron chi connectivity index (χ3n) is 6.42. The van der Waals surface area contributed by atoms with E-state index in [-0.39, 0.29) is 11.3 Å². The van der Waals surface area contributed by atoms with Gasteiger partial charge in [0.05, 0.1) is 32.4 Å². The monoisotopic (exact) mass is 496 g/mol. The van der Waals surface area contributed by atoms with Gasteiger partial charge in [0.15, 0.2) is 11.5 Å². The Morgan fingerprint density at radius 3 is 2.22 bits per heavy atom. The highest BCUT2D eigenvalue weighted by molar-refractivity contribution is 6.46. The molecule has 2 aromatic rings. The average molecular weight is 497 g/mol. The van der Waals surface area contributed by atoms with Crippen LogP contribution in [0.4, 0.5) is 0 Å². The molecular formula is C28H36N2O6. The molecule has 1 atom stereocenters. The van der Waals surface area contributed by atoms with Crippen molar-refractivity contribution in [1.82, 2.24) is 9.80 Å². The maximum atomic E-state index is 13.3. The van der Waals surface area contributed by atoms with Crippen molar-refractivity contribution in [3.63, 3.8) is 0 Å². The van der Waals surface area contributed by atoms with Gasteiger partial charge in [0.2, 0.25) is 0 Å². The predicted octanol–water partition coefficient (Wildman–Crippen LogP) is 4.26. The van der Waals surface area contributed by atoms with Gasteiger partial charge in [-0.2, -0.15) is 0 Å². The molecular weight excluding hydrogens is 460 g/mol. The van der Waals surface area contributed by atoms with Crippen molar-refractivity contribution < 1.29 is 28.9 Å². The van der Waals surface area contributed by atoms with Gasteiger partial charge in [-0.15, -0.1) is 0 Å². The van der Waals surface area contributed by atoms with Crippen molar-refractivity contribution in [2.45, 2.75) is 33.2 Å². The first-order valence-corrected chi connectivity index (χ1v) is 12.4. The molecule has 194 valence electrons. The summed E-state index contributed by atoms with van der Waals surface area (Å²) in [5.41, 5.74) is 1.14. The van der Waals surface area contributed by atoms with Crippen molar-refractivity contribution in [3.05, 3.63) is 59.2 Å². The second kappa shape index (κ2) is 12.4. The van der Waals surface area contributed by atoms with E-state index in [4.69, 9.17) is 14.2 Å². The highest BCUT2D eigenvalue weighted by Gasteiger charge is 2.46. The zero-order valence-corrected chi connectivity index (χ0v) is 21.7. The van der Waals surface area contributed by atoms with E-state index in [1.165, 1.54) is 14.2 Å². The van der Waals surface area contributed by atoms with Crippen LogP contribution in [0.1, 0.15) is 44.4 Å². The normalized spacial score (nSPS) is 17.1. The largest absolute Gasteiger partial charge is 0.507 e. The number of ether oxygens (including phenoxy) is 3. The van der Waals surface area contributed by atoms with Crippen LogP contribution < -0.4 is 14.2 Å². The first-order chi connectivity index (χ1) is 17.4. The molecule has 1 fully saturated rings. The zero-order valence-electron chi connectivity index (χ0n) is 21.7. The van der Waals surface area contributed by atoms with Crippen LogP contribution >= 0.6 is 0 Å². The Hall–Kier alpha value is -3.52. The number of hydrogen-bond acceptors (Lipinski definition) is 7. The molecule has 1 aliphatic heterocycles. The molecule has 8 heteroatoms. The molecule has 1 amide bonds. The summed E-state index contributed by atoms with van der Waals surface area (Å²) in [5.74, 6) is 0.0226. The van der Waals surface area contributed by atoms with E-state index in [9.17, 15) is 14.7 Å². The summed E-state index contributed by atoms with van der Waals surface area (Å²) in [5, 5.41) is 11.3. The Labute approximate surface area is 213 Å². The second-order valence-corrected chi connectivity index (χ2v) is 8.51. The first-order valence-electron chi connectivity index (χ1n) is 12.4. The lowest BCUT2D eigenvalue weighted by Gasteiger charge is -2.28. The summed E-state index contributed by atoms with van der Waals surface area (Å²) in [4.78, 5) is 30.2. The van der Waals surface area contributed by atoms with Gasteiger partial charge in [0.1, 0.15) is 11.5 Å². The van der Waals surface area contributed by atoms with Gasteiger partial charge in [-0.3, -0.25) is 9.59 Å². The Bertz CT molecular complexity index is 1090. The van der Waals surface area contributed by atoms with E-state index < -0.39 is 17.7 Å². The molecule has 8 nitrogen and oxygen atoms in total. The lowest BCUT2D eigenvalue weighted by Crippen LogP contribution is -2.38. The summed E-state index contributed by atoms with van der Waals surface area (Å²) in [6.07, 6.45) is 0.887. The van der Waals surface area contributed by atoms with E-state index in [1.54, 1.807) is 23.1 Å². The number of carbonyl (C=O) groups excluding carboxylic acids is 2. The molecule has 0 saturated carbocycles. The summed E-state index contributed by atoms with van der Waals surface area (Å²) >= 11 is 0. The highest BCUT2D eigenvalue weighted by Crippen LogP contribution is 2.41. The molecule has 1 aliphatic rings. The van der Waals surface area contributed by atoms with Crippen molar-refractivity contribution in [3.8, 4) is 17.2 Å². The van der Waals surface area contributed by atoms with Crippen LogP contribution in [0.5, 0.6) is 17.2 Å². The molecule has 3 rings (SSSR count). The van der Waals surface area contributed by atoms with E-state index in [2.05, 4.69) is 18.7 Å². The van der Waals surface area contributed by atoms with Crippen LogP contribution in [0.3, 0.4) is 0 Å². The van der Waals surface area contributed by atoms with Crippen LogP contribution in [0.15, 0.2) is 48.0 Å². The van der Waals surface area contributed by atoms with Crippen LogP contribution in [-0.4, -0.2) is 73.6 Å². The molecule has 0 aromatic heterocycles. The molecule has 2 aromatic carbocycles. The number of likely N-dealkylation sites (N-methyl/N-ethyl adjacent to an activating group) is 1. The third-order valence-corrected chi connectivity index (χ3v) is 6.42. The molecule has 36 heavy (non-hydrogen) atoms. The van der Waals surface area contributed by atoms with E-state index in [0.717, 1.165) is 25.1 Å². The SMILES string of the molecule is CCCOc1ccc([C@H]2C(=C(O)c3ccc(OC)c(OC)c3)C(=O)C(=O)N2CCN(CC)CC)cc1. The molecule has 0 bridgehead atoms. The smallest absolute Gasteiger partial charge is 0.295 e. The van der Waals surface area contributed by atoms with Gasteiger partial charge < -0.3 is 29.1 Å². The van der Waals surface area contributed by atoms with Crippen molar-refractivity contribution in [1.29, 1.82) is 0 Å². The van der Waals surface area contributed by atoms with Gasteiger partial charge >= 0.3 is 0 Å². The summed E-state index contributed by atoms with van der Waals surface area (Å²) in [6, 6.07) is 11.5. The zero-order chi connectivity index (χ0) is 26.2. The fourth-order valence-electron chi connectivity index (χ4n) is 4.35. The molecule has 0 radical (unpaired) electrons. The number of amides is 1. The maximum Gasteiger partial charge on any atom is 0.295 e. The van der Waals surface area contributed by atoms with Crippen LogP contribution in [0.25, 0.3) is 5.76 Å². The average Bonchev–Trinajstić information content (AvgIpc) is 3.16. The highest BCUT2D eigenvalue weighted by atomic mass is 16.5. The number of nitrogens with zero attached hydrogens (tertiary/aromatic N) is 2. The van der Waals surface area contributed by atoms with Gasteiger partial charge in [0, 0.05) is 18.7 Å². The number of benzene rings is 2. The third kappa shape index (κ3) is 5.65. The number of likely N-dealkylation sites (tertiary alicyclic amines) is 1. The van der Waals surface area contributed by atoms with E-state index in [0.29, 0.717) is 42.5 Å². The van der Waals surface area contributed by atoms with Crippen LogP contribution in [0, 0.1) is 0 Å².